The predicted molar refractivity (Wildman–Crippen MR) is 143 cm³/mol. The van der Waals surface area contributed by atoms with Crippen LogP contribution in [0.5, 0.6) is 5.75 Å². The summed E-state index contributed by atoms with van der Waals surface area (Å²) in [5.74, 6) is 1.14. The van der Waals surface area contributed by atoms with Crippen molar-refractivity contribution in [2.24, 2.45) is 10.7 Å². The van der Waals surface area contributed by atoms with E-state index in [2.05, 4.69) is 65.7 Å². The Morgan fingerprint density at radius 1 is 1.14 bits per heavy atom. The van der Waals surface area contributed by atoms with Crippen LogP contribution in [-0.2, 0) is 22.5 Å². The maximum atomic E-state index is 12.1. The molecule has 0 radical (unpaired) electrons. The van der Waals surface area contributed by atoms with Gasteiger partial charge in [-0.15, -0.1) is 0 Å². The number of aryl methyl sites for hydroxylation is 1. The first-order valence-electron chi connectivity index (χ1n) is 12.3. The van der Waals surface area contributed by atoms with Crippen molar-refractivity contribution in [1.82, 2.24) is 15.1 Å². The van der Waals surface area contributed by atoms with Crippen molar-refractivity contribution in [3.05, 3.63) is 71.5 Å². The van der Waals surface area contributed by atoms with Crippen LogP contribution >= 0.6 is 0 Å². The van der Waals surface area contributed by atoms with Gasteiger partial charge in [0.2, 0.25) is 5.91 Å². The second-order valence-electron chi connectivity index (χ2n) is 8.98. The van der Waals surface area contributed by atoms with Crippen molar-refractivity contribution >= 4 is 11.9 Å². The Morgan fingerprint density at radius 2 is 1.97 bits per heavy atom. The molecule has 3 aromatic rings. The van der Waals surface area contributed by atoms with Crippen LogP contribution in [0.2, 0.25) is 0 Å². The zero-order valence-electron chi connectivity index (χ0n) is 21.7. The molecule has 0 saturated heterocycles. The van der Waals surface area contributed by atoms with Gasteiger partial charge in [-0.2, -0.15) is 5.10 Å². The molecule has 0 bridgehead atoms. The van der Waals surface area contributed by atoms with Crippen LogP contribution in [0.4, 0.5) is 0 Å². The number of amides is 1. The smallest absolute Gasteiger partial charge is 0.226 e. The summed E-state index contributed by atoms with van der Waals surface area (Å²) >= 11 is 0. The van der Waals surface area contributed by atoms with E-state index in [1.165, 1.54) is 7.05 Å². The number of nitrogens with zero attached hydrogens (tertiary/aromatic N) is 3. The van der Waals surface area contributed by atoms with Gasteiger partial charge in [-0.05, 0) is 47.2 Å². The van der Waals surface area contributed by atoms with E-state index in [9.17, 15) is 4.79 Å². The number of hydrogen-bond acceptors (Lipinski definition) is 5. The van der Waals surface area contributed by atoms with Gasteiger partial charge in [0, 0.05) is 45.4 Å². The minimum absolute atomic E-state index is 0.118. The van der Waals surface area contributed by atoms with Crippen LogP contribution in [0.15, 0.2) is 59.7 Å². The number of ether oxygens (including phenoxy) is 2. The maximum Gasteiger partial charge on any atom is 0.226 e. The molecule has 1 amide bonds. The molecule has 3 rings (SSSR count). The van der Waals surface area contributed by atoms with Crippen LogP contribution in [0, 0.1) is 0 Å². The van der Waals surface area contributed by atoms with Crippen molar-refractivity contribution < 1.29 is 14.3 Å². The van der Waals surface area contributed by atoms with Crippen LogP contribution in [0.3, 0.4) is 0 Å². The van der Waals surface area contributed by atoms with Crippen molar-refractivity contribution in [3.63, 3.8) is 0 Å². The van der Waals surface area contributed by atoms with E-state index < -0.39 is 0 Å². The van der Waals surface area contributed by atoms with Gasteiger partial charge in [0.25, 0.3) is 0 Å². The van der Waals surface area contributed by atoms with E-state index in [0.717, 1.165) is 40.1 Å². The maximum absolute atomic E-state index is 12.1. The fraction of sp³-hybridized carbons (Fsp3) is 0.393. The summed E-state index contributed by atoms with van der Waals surface area (Å²) in [5, 5.41) is 7.26. The second kappa shape index (κ2) is 13.4. The third kappa shape index (κ3) is 7.95. The Morgan fingerprint density at radius 3 is 2.69 bits per heavy atom. The van der Waals surface area contributed by atoms with Gasteiger partial charge >= 0.3 is 0 Å². The Hall–Kier alpha value is -3.65. The summed E-state index contributed by atoms with van der Waals surface area (Å²) in [5.41, 5.74) is 10.9. The van der Waals surface area contributed by atoms with Crippen molar-refractivity contribution in [3.8, 4) is 16.9 Å². The first kappa shape index (κ1) is 26.9. The lowest BCUT2D eigenvalue weighted by molar-refractivity contribution is -0.119. The van der Waals surface area contributed by atoms with E-state index in [0.29, 0.717) is 38.5 Å². The summed E-state index contributed by atoms with van der Waals surface area (Å²) in [4.78, 5) is 15.9. The molecule has 0 aliphatic carbocycles. The van der Waals surface area contributed by atoms with Crippen LogP contribution in [-0.4, -0.2) is 49.0 Å². The quantitative estimate of drug-likeness (QED) is 0.225. The summed E-state index contributed by atoms with van der Waals surface area (Å²) in [7, 11) is 3.22. The SMILES string of the molecule is CN=C(N)NC(=O)CCc1ccc(-c2cccc(Cn3ccc(C(C)C)n3)c2)c(OCCCOC)c1. The molecule has 0 aliphatic rings. The molecule has 0 unspecified atom stereocenters. The molecule has 1 aromatic heterocycles. The Kier molecular flexibility index (Phi) is 10.1. The monoisotopic (exact) mass is 491 g/mol. The molecule has 0 fully saturated rings. The number of nitrogens with two attached hydrogens (primary N) is 1. The van der Waals surface area contributed by atoms with Gasteiger partial charge in [0.05, 0.1) is 18.8 Å². The summed E-state index contributed by atoms with van der Waals surface area (Å²) in [6.07, 6.45) is 3.68. The minimum Gasteiger partial charge on any atom is -0.493 e. The average Bonchev–Trinajstić information content (AvgIpc) is 3.34. The van der Waals surface area contributed by atoms with E-state index in [4.69, 9.17) is 15.2 Å². The molecular weight excluding hydrogens is 454 g/mol. The third-order valence-electron chi connectivity index (χ3n) is 5.78. The molecule has 0 spiro atoms. The molecule has 0 aliphatic heterocycles. The van der Waals surface area contributed by atoms with Gasteiger partial charge in [-0.3, -0.25) is 19.8 Å². The Labute approximate surface area is 213 Å². The highest BCUT2D eigenvalue weighted by atomic mass is 16.5. The van der Waals surface area contributed by atoms with Gasteiger partial charge in [0.15, 0.2) is 5.96 Å². The second-order valence-corrected chi connectivity index (χ2v) is 8.98. The number of benzene rings is 2. The molecule has 8 heteroatoms. The molecule has 3 N–H and O–H groups in total. The lowest BCUT2D eigenvalue weighted by Crippen LogP contribution is -2.36. The lowest BCUT2D eigenvalue weighted by atomic mass is 9.99. The first-order valence-corrected chi connectivity index (χ1v) is 12.3. The lowest BCUT2D eigenvalue weighted by Gasteiger charge is -2.15. The number of guanidine groups is 1. The van der Waals surface area contributed by atoms with E-state index in [1.54, 1.807) is 7.11 Å². The van der Waals surface area contributed by atoms with Crippen molar-refractivity contribution in [2.75, 3.05) is 27.4 Å². The molecule has 0 atom stereocenters. The third-order valence-corrected chi connectivity index (χ3v) is 5.78. The highest BCUT2D eigenvalue weighted by Crippen LogP contribution is 2.32. The molecule has 192 valence electrons. The van der Waals surface area contributed by atoms with Gasteiger partial charge < -0.3 is 15.2 Å². The fourth-order valence-electron chi connectivity index (χ4n) is 3.78. The number of methoxy groups -OCH3 is 1. The molecule has 36 heavy (non-hydrogen) atoms. The molecule has 8 nitrogen and oxygen atoms in total. The Bertz CT molecular complexity index is 1170. The largest absolute Gasteiger partial charge is 0.493 e. The molecule has 1 heterocycles. The zero-order valence-corrected chi connectivity index (χ0v) is 21.7. The minimum atomic E-state index is -0.170. The highest BCUT2D eigenvalue weighted by Gasteiger charge is 2.11. The normalized spacial score (nSPS) is 11.6. The number of hydrogen-bond donors (Lipinski definition) is 2. The number of aliphatic imine (C=N–C) groups is 1. The number of carbonyl (C=O) groups excluding carboxylic acids is 1. The Balaban J connectivity index is 1.79. The van der Waals surface area contributed by atoms with Gasteiger partial charge in [0.1, 0.15) is 5.75 Å². The number of carbonyl (C=O) groups is 1. The average molecular weight is 492 g/mol. The van der Waals surface area contributed by atoms with Crippen LogP contribution in [0.25, 0.3) is 11.1 Å². The van der Waals surface area contributed by atoms with Gasteiger partial charge in [-0.25, -0.2) is 0 Å². The van der Waals surface area contributed by atoms with E-state index in [-0.39, 0.29) is 11.9 Å². The fourth-order valence-corrected chi connectivity index (χ4v) is 3.78. The van der Waals surface area contributed by atoms with Crippen molar-refractivity contribution in [2.45, 2.75) is 45.6 Å². The van der Waals surface area contributed by atoms with Crippen LogP contribution < -0.4 is 15.8 Å². The number of rotatable bonds is 12. The number of nitrogens with one attached hydrogen (secondary N) is 1. The predicted octanol–water partition coefficient (Wildman–Crippen LogP) is 4.13. The standard InChI is InChI=1S/C28H37N5O3/c1-20(2)25-13-14-33(32-25)19-22-7-5-8-23(17-22)24-11-9-21(10-12-27(34)31-28(29)30-3)18-26(24)36-16-6-15-35-4/h5,7-9,11,13-14,17-18,20H,6,10,12,15-16,19H2,1-4H3,(H3,29,30,31,34). The zero-order chi connectivity index (χ0) is 25.9. The first-order chi connectivity index (χ1) is 17.4. The van der Waals surface area contributed by atoms with E-state index in [1.807, 2.05) is 23.0 Å². The van der Waals surface area contributed by atoms with Crippen molar-refractivity contribution in [1.29, 1.82) is 0 Å². The van der Waals surface area contributed by atoms with Crippen LogP contribution in [0.1, 0.15) is 49.4 Å². The summed E-state index contributed by atoms with van der Waals surface area (Å²) in [6, 6.07) is 16.6. The molecule has 0 saturated carbocycles. The van der Waals surface area contributed by atoms with E-state index >= 15 is 0 Å². The highest BCUT2D eigenvalue weighted by molar-refractivity contribution is 5.96. The van der Waals surface area contributed by atoms with Gasteiger partial charge in [-0.1, -0.05) is 44.2 Å². The summed E-state index contributed by atoms with van der Waals surface area (Å²) < 4.78 is 13.3. The molecular formula is C28H37N5O3. The molecule has 2 aromatic carbocycles. The summed E-state index contributed by atoms with van der Waals surface area (Å²) in [6.45, 7) is 6.16. The topological polar surface area (TPSA) is 104 Å². The number of aromatic nitrogens is 2.